The van der Waals surface area contributed by atoms with E-state index >= 15 is 0 Å². The average Bonchev–Trinajstić information content (AvgIpc) is 3.39. The van der Waals surface area contributed by atoms with Crippen LogP contribution in [0.1, 0.15) is 31.9 Å². The first-order chi connectivity index (χ1) is 16.6. The molecule has 0 saturated heterocycles. The van der Waals surface area contributed by atoms with Crippen LogP contribution in [0, 0.1) is 11.3 Å². The number of carbonyl (C=O) groups is 1. The van der Waals surface area contributed by atoms with Crippen molar-refractivity contribution in [3.63, 3.8) is 0 Å². The number of aliphatic carboxylic acids is 1. The minimum atomic E-state index is -4.58. The number of halogens is 6. The smallest absolute Gasteiger partial charge is 0.417 e. The summed E-state index contributed by atoms with van der Waals surface area (Å²) in [4.78, 5) is 20.2. The summed E-state index contributed by atoms with van der Waals surface area (Å²) in [6.45, 7) is 5.48. The van der Waals surface area contributed by atoms with E-state index in [2.05, 4.69) is 15.1 Å². The number of imidazole rings is 1. The summed E-state index contributed by atoms with van der Waals surface area (Å²) < 4.78 is 45.7. The number of alkyl halides is 3. The first-order valence-corrected chi connectivity index (χ1v) is 11.6. The molecule has 1 atom stereocenters. The predicted molar refractivity (Wildman–Crippen MR) is 128 cm³/mol. The molecule has 7 nitrogen and oxygen atoms in total. The Morgan fingerprint density at radius 3 is 2.36 bits per heavy atom. The number of carboxylic acid groups (broad SMARTS) is 1. The fourth-order valence-corrected chi connectivity index (χ4v) is 4.42. The molecule has 0 aliphatic carbocycles. The highest BCUT2D eigenvalue weighted by molar-refractivity contribution is 6.35. The van der Waals surface area contributed by atoms with Gasteiger partial charge in [0.1, 0.15) is 5.69 Å². The molecule has 36 heavy (non-hydrogen) atoms. The predicted octanol–water partition coefficient (Wildman–Crippen LogP) is 7.32. The van der Waals surface area contributed by atoms with Crippen molar-refractivity contribution in [2.24, 2.45) is 11.3 Å². The van der Waals surface area contributed by atoms with Gasteiger partial charge >= 0.3 is 12.1 Å². The van der Waals surface area contributed by atoms with E-state index in [-0.39, 0.29) is 44.5 Å². The van der Waals surface area contributed by atoms with Gasteiger partial charge in [-0.2, -0.15) is 18.2 Å². The van der Waals surface area contributed by atoms with Gasteiger partial charge in [-0.15, -0.1) is 0 Å². The van der Waals surface area contributed by atoms with Crippen molar-refractivity contribution in [1.82, 2.24) is 19.5 Å². The molecule has 4 aromatic rings. The molecular weight excluding hydrogens is 544 g/mol. The molecule has 13 heteroatoms. The molecule has 1 N–H and O–H groups in total. The number of pyridine rings is 1. The van der Waals surface area contributed by atoms with E-state index in [1.54, 1.807) is 6.07 Å². The second kappa shape index (κ2) is 9.24. The van der Waals surface area contributed by atoms with Gasteiger partial charge in [-0.05, 0) is 35.6 Å². The van der Waals surface area contributed by atoms with Crippen LogP contribution in [0.5, 0.6) is 0 Å². The highest BCUT2D eigenvalue weighted by Crippen LogP contribution is 2.37. The summed E-state index contributed by atoms with van der Waals surface area (Å²) in [5.41, 5.74) is -0.398. The number of benzene rings is 1. The van der Waals surface area contributed by atoms with Gasteiger partial charge in [0, 0.05) is 23.0 Å². The molecule has 0 spiro atoms. The second-order valence-electron chi connectivity index (χ2n) is 9.24. The summed E-state index contributed by atoms with van der Waals surface area (Å²) in [5.74, 6) is -1.66. The summed E-state index contributed by atoms with van der Waals surface area (Å²) >= 11 is 18.9. The molecule has 0 aliphatic rings. The Balaban J connectivity index is 1.67. The van der Waals surface area contributed by atoms with Crippen LogP contribution in [-0.2, 0) is 17.4 Å². The quantitative estimate of drug-likeness (QED) is 0.274. The lowest BCUT2D eigenvalue weighted by Gasteiger charge is -2.27. The Morgan fingerprint density at radius 2 is 1.75 bits per heavy atom. The third-order valence-electron chi connectivity index (χ3n) is 5.62. The Morgan fingerprint density at radius 1 is 1.06 bits per heavy atom. The molecular formula is C23H18Cl3F3N4O3. The van der Waals surface area contributed by atoms with Crippen molar-refractivity contribution in [3.05, 3.63) is 56.8 Å². The molecule has 190 valence electrons. The van der Waals surface area contributed by atoms with Gasteiger partial charge in [0.2, 0.25) is 5.82 Å². The maximum absolute atomic E-state index is 13.1. The van der Waals surface area contributed by atoms with Crippen LogP contribution in [0.15, 0.2) is 35.1 Å². The van der Waals surface area contributed by atoms with E-state index < -0.39 is 29.0 Å². The van der Waals surface area contributed by atoms with Crippen LogP contribution in [0.25, 0.3) is 28.6 Å². The largest absolute Gasteiger partial charge is 0.481 e. The zero-order chi connectivity index (χ0) is 26.6. The lowest BCUT2D eigenvalue weighted by atomic mass is 9.77. The molecule has 0 radical (unpaired) electrons. The Hall–Kier alpha value is -2.82. The lowest BCUT2D eigenvalue weighted by Crippen LogP contribution is -2.30. The third kappa shape index (κ3) is 5.16. The van der Waals surface area contributed by atoms with Gasteiger partial charge in [-0.1, -0.05) is 60.7 Å². The second-order valence-corrected chi connectivity index (χ2v) is 10.5. The summed E-state index contributed by atoms with van der Waals surface area (Å²) in [7, 11) is 0. The van der Waals surface area contributed by atoms with Crippen molar-refractivity contribution in [2.45, 2.75) is 33.4 Å². The van der Waals surface area contributed by atoms with Crippen LogP contribution >= 0.6 is 34.8 Å². The molecule has 0 amide bonds. The Labute approximate surface area is 217 Å². The van der Waals surface area contributed by atoms with Crippen molar-refractivity contribution >= 4 is 46.4 Å². The topological polar surface area (TPSA) is 93.5 Å². The lowest BCUT2D eigenvalue weighted by molar-refractivity contribution is -0.145. The van der Waals surface area contributed by atoms with Crippen LogP contribution in [0.2, 0.25) is 15.1 Å². The molecule has 1 unspecified atom stereocenters. The van der Waals surface area contributed by atoms with Gasteiger partial charge in [0.25, 0.3) is 5.89 Å². The van der Waals surface area contributed by atoms with Crippen molar-refractivity contribution in [3.8, 4) is 23.0 Å². The fourth-order valence-electron chi connectivity index (χ4n) is 3.65. The van der Waals surface area contributed by atoms with Crippen LogP contribution < -0.4 is 0 Å². The summed E-state index contributed by atoms with van der Waals surface area (Å²) in [6.07, 6.45) is -2.28. The molecule has 1 aromatic carbocycles. The number of hydrogen-bond donors (Lipinski definition) is 1. The number of fused-ring (bicyclic) bond motifs is 1. The maximum atomic E-state index is 13.1. The minimum Gasteiger partial charge on any atom is -0.481 e. The SMILES string of the molecule is CC(C)(C)C(Cc1cc(Cl)c(-c2noc(-c3cn4cc(C(F)(F)F)cc(Cl)c4n3)n2)cc1Cl)C(=O)O. The fraction of sp³-hybridized carbons (Fsp3) is 0.304. The van der Waals surface area contributed by atoms with Gasteiger partial charge in [0.15, 0.2) is 5.65 Å². The van der Waals surface area contributed by atoms with Crippen molar-refractivity contribution < 1.29 is 27.6 Å². The highest BCUT2D eigenvalue weighted by Gasteiger charge is 2.33. The molecule has 4 rings (SSSR count). The standard InChI is InChI=1S/C23H18Cl3F3N4O3/c1-22(2,3)13(21(34)35)4-10-5-15(25)12(7-14(10)24)18-31-20(36-32-18)17-9-33-8-11(23(27,28)29)6-16(26)19(33)30-17/h5-9,13H,4H2,1-3H3,(H,34,35). The minimum absolute atomic E-state index is 0.0631. The first-order valence-electron chi connectivity index (χ1n) is 10.5. The summed E-state index contributed by atoms with van der Waals surface area (Å²) in [6, 6.07) is 3.84. The van der Waals surface area contributed by atoms with Crippen molar-refractivity contribution in [2.75, 3.05) is 0 Å². The van der Waals surface area contributed by atoms with Gasteiger partial charge in [-0.25, -0.2) is 4.98 Å². The normalized spacial score (nSPS) is 13.4. The Kier molecular flexibility index (Phi) is 6.74. The molecule has 0 saturated carbocycles. The Bertz CT molecular complexity index is 1480. The zero-order valence-corrected chi connectivity index (χ0v) is 21.3. The van der Waals surface area contributed by atoms with E-state index in [0.29, 0.717) is 11.1 Å². The molecule has 3 heterocycles. The average molecular weight is 562 g/mol. The van der Waals surface area contributed by atoms with Gasteiger partial charge < -0.3 is 14.0 Å². The van der Waals surface area contributed by atoms with Crippen LogP contribution in [0.4, 0.5) is 13.2 Å². The number of hydrogen-bond acceptors (Lipinski definition) is 5. The van der Waals surface area contributed by atoms with Gasteiger partial charge in [0.05, 0.1) is 21.5 Å². The molecule has 0 fully saturated rings. The van der Waals surface area contributed by atoms with E-state index in [4.69, 9.17) is 39.3 Å². The maximum Gasteiger partial charge on any atom is 0.417 e. The molecule has 3 aromatic heterocycles. The van der Waals surface area contributed by atoms with E-state index in [9.17, 15) is 23.1 Å². The third-order valence-corrected chi connectivity index (χ3v) is 6.57. The van der Waals surface area contributed by atoms with Crippen LogP contribution in [0.3, 0.4) is 0 Å². The van der Waals surface area contributed by atoms with Crippen molar-refractivity contribution in [1.29, 1.82) is 0 Å². The monoisotopic (exact) mass is 560 g/mol. The van der Waals surface area contributed by atoms with Gasteiger partial charge in [-0.3, -0.25) is 4.79 Å². The molecule has 0 aliphatic heterocycles. The van der Waals surface area contributed by atoms with E-state index in [1.807, 2.05) is 20.8 Å². The highest BCUT2D eigenvalue weighted by atomic mass is 35.5. The number of rotatable bonds is 5. The van der Waals surface area contributed by atoms with Crippen LogP contribution in [-0.4, -0.2) is 30.6 Å². The number of carboxylic acids is 1. The zero-order valence-electron chi connectivity index (χ0n) is 19.0. The summed E-state index contributed by atoms with van der Waals surface area (Å²) in [5, 5.41) is 13.8. The number of aromatic nitrogens is 4. The van der Waals surface area contributed by atoms with E-state index in [0.717, 1.165) is 16.7 Å². The first kappa shape index (κ1) is 26.2. The van der Waals surface area contributed by atoms with E-state index in [1.165, 1.54) is 12.3 Å². The molecule has 0 bridgehead atoms. The number of nitrogens with zero attached hydrogens (tertiary/aromatic N) is 4.